The summed E-state index contributed by atoms with van der Waals surface area (Å²) in [5, 5.41) is 0. The summed E-state index contributed by atoms with van der Waals surface area (Å²) >= 11 is 7.26. The molecule has 0 fully saturated rings. The Bertz CT molecular complexity index is 91.7. The van der Waals surface area contributed by atoms with Gasteiger partial charge in [0, 0.05) is 8.65 Å². The lowest BCUT2D eigenvalue weighted by molar-refractivity contribution is 0.539. The van der Waals surface area contributed by atoms with Crippen LogP contribution in [0.4, 0.5) is 0 Å². The highest BCUT2D eigenvalue weighted by Crippen LogP contribution is 2.28. The van der Waals surface area contributed by atoms with Crippen LogP contribution in [0.3, 0.4) is 0 Å². The van der Waals surface area contributed by atoms with Gasteiger partial charge in [0.2, 0.25) is 0 Å². The molecule has 0 aliphatic heterocycles. The molecule has 0 heterocycles. The predicted octanol–water partition coefficient (Wildman–Crippen LogP) is 4.50. The van der Waals surface area contributed by atoms with E-state index in [0.717, 1.165) is 0 Å². The van der Waals surface area contributed by atoms with E-state index in [2.05, 4.69) is 59.6 Å². The SMILES string of the molecule is CC(C)(Br)CCCC(C)(C)Br. The molecule has 0 saturated carbocycles. The van der Waals surface area contributed by atoms with Gasteiger partial charge < -0.3 is 0 Å². The van der Waals surface area contributed by atoms with Gasteiger partial charge in [0.25, 0.3) is 0 Å². The molecular weight excluding hydrogens is 268 g/mol. The van der Waals surface area contributed by atoms with Gasteiger partial charge in [-0.05, 0) is 12.8 Å². The summed E-state index contributed by atoms with van der Waals surface area (Å²) in [6.07, 6.45) is 3.75. The number of halogens is 2. The molecule has 2 heteroatoms. The molecule has 0 aliphatic rings. The lowest BCUT2D eigenvalue weighted by atomic mass is 10.0. The number of alkyl halides is 2. The Morgan fingerprint density at radius 1 is 0.818 bits per heavy atom. The standard InChI is InChI=1S/C9H18Br2/c1-8(2,10)6-5-7-9(3,4)11/h5-7H2,1-4H3. The average molecular weight is 286 g/mol. The predicted molar refractivity (Wildman–Crippen MR) is 59.9 cm³/mol. The smallest absolute Gasteiger partial charge is 0.0201 e. The lowest BCUT2D eigenvalue weighted by Crippen LogP contribution is -2.13. The van der Waals surface area contributed by atoms with Crippen molar-refractivity contribution in [2.75, 3.05) is 0 Å². The van der Waals surface area contributed by atoms with Crippen LogP contribution in [0.15, 0.2) is 0 Å². The zero-order valence-electron chi connectivity index (χ0n) is 7.88. The van der Waals surface area contributed by atoms with Crippen molar-refractivity contribution in [1.82, 2.24) is 0 Å². The summed E-state index contributed by atoms with van der Waals surface area (Å²) in [4.78, 5) is 0. The fourth-order valence-electron chi connectivity index (χ4n) is 0.929. The Hall–Kier alpha value is 0.960. The zero-order chi connectivity index (χ0) is 9.12. The van der Waals surface area contributed by atoms with Crippen molar-refractivity contribution >= 4 is 31.9 Å². The zero-order valence-corrected chi connectivity index (χ0v) is 11.0. The quantitative estimate of drug-likeness (QED) is 0.667. The highest BCUT2D eigenvalue weighted by molar-refractivity contribution is 9.10. The molecule has 11 heavy (non-hydrogen) atoms. The number of hydrogen-bond donors (Lipinski definition) is 0. The Labute approximate surface area is 87.4 Å². The van der Waals surface area contributed by atoms with Crippen LogP contribution in [-0.2, 0) is 0 Å². The summed E-state index contributed by atoms with van der Waals surface area (Å²) in [6.45, 7) is 8.87. The molecule has 68 valence electrons. The van der Waals surface area contributed by atoms with E-state index < -0.39 is 0 Å². The third-order valence-corrected chi connectivity index (χ3v) is 2.34. The van der Waals surface area contributed by atoms with Crippen LogP contribution in [0, 0.1) is 0 Å². The molecule has 0 aromatic heterocycles. The number of hydrogen-bond acceptors (Lipinski definition) is 0. The van der Waals surface area contributed by atoms with E-state index in [0.29, 0.717) is 8.65 Å². The molecule has 0 atom stereocenters. The molecule has 0 aromatic rings. The van der Waals surface area contributed by atoms with Crippen LogP contribution in [0.1, 0.15) is 47.0 Å². The normalized spacial score (nSPS) is 13.6. The molecule has 0 saturated heterocycles. The van der Waals surface area contributed by atoms with Crippen LogP contribution in [0.25, 0.3) is 0 Å². The monoisotopic (exact) mass is 284 g/mol. The fourth-order valence-corrected chi connectivity index (χ4v) is 1.49. The van der Waals surface area contributed by atoms with E-state index in [-0.39, 0.29) is 0 Å². The van der Waals surface area contributed by atoms with Crippen LogP contribution in [-0.4, -0.2) is 8.65 Å². The molecule has 0 unspecified atom stereocenters. The summed E-state index contributed by atoms with van der Waals surface area (Å²) < 4.78 is 0.622. The summed E-state index contributed by atoms with van der Waals surface area (Å²) in [7, 11) is 0. The van der Waals surface area contributed by atoms with Gasteiger partial charge in [-0.15, -0.1) is 0 Å². The Kier molecular flexibility index (Phi) is 4.64. The van der Waals surface area contributed by atoms with E-state index in [9.17, 15) is 0 Å². The van der Waals surface area contributed by atoms with E-state index in [1.807, 2.05) is 0 Å². The molecule has 0 bridgehead atoms. The van der Waals surface area contributed by atoms with E-state index in [1.165, 1.54) is 19.3 Å². The fraction of sp³-hybridized carbons (Fsp3) is 1.00. The second-order valence-corrected chi connectivity index (χ2v) is 8.58. The maximum absolute atomic E-state index is 3.63. The van der Waals surface area contributed by atoms with E-state index in [1.54, 1.807) is 0 Å². The van der Waals surface area contributed by atoms with E-state index >= 15 is 0 Å². The average Bonchev–Trinajstić information content (AvgIpc) is 1.55. The molecule has 0 aromatic carbocycles. The van der Waals surface area contributed by atoms with Gasteiger partial charge in [0.05, 0.1) is 0 Å². The second-order valence-electron chi connectivity index (χ2n) is 4.29. The van der Waals surface area contributed by atoms with Gasteiger partial charge in [-0.25, -0.2) is 0 Å². The van der Waals surface area contributed by atoms with Gasteiger partial charge in [0.1, 0.15) is 0 Å². The molecule has 0 aliphatic carbocycles. The first-order valence-corrected chi connectivity index (χ1v) is 5.67. The first kappa shape index (κ1) is 12.0. The van der Waals surface area contributed by atoms with Gasteiger partial charge in [-0.2, -0.15) is 0 Å². The Morgan fingerprint density at radius 2 is 1.09 bits per heavy atom. The van der Waals surface area contributed by atoms with Crippen LogP contribution in [0.2, 0.25) is 0 Å². The molecule has 0 N–H and O–H groups in total. The Balaban J connectivity index is 3.44. The van der Waals surface area contributed by atoms with Gasteiger partial charge in [0.15, 0.2) is 0 Å². The van der Waals surface area contributed by atoms with Gasteiger partial charge in [-0.3, -0.25) is 0 Å². The molecule has 0 rings (SSSR count). The molecule has 0 nitrogen and oxygen atoms in total. The lowest BCUT2D eigenvalue weighted by Gasteiger charge is -2.20. The first-order valence-electron chi connectivity index (χ1n) is 4.09. The minimum atomic E-state index is 0.311. The van der Waals surface area contributed by atoms with Crippen molar-refractivity contribution in [3.05, 3.63) is 0 Å². The molecule has 0 radical (unpaired) electrons. The van der Waals surface area contributed by atoms with Gasteiger partial charge in [-0.1, -0.05) is 66.0 Å². The highest BCUT2D eigenvalue weighted by Gasteiger charge is 2.16. The maximum atomic E-state index is 3.63. The highest BCUT2D eigenvalue weighted by atomic mass is 79.9. The third-order valence-electron chi connectivity index (χ3n) is 1.54. The molecule has 0 amide bonds. The van der Waals surface area contributed by atoms with Crippen LogP contribution in [0.5, 0.6) is 0 Å². The molecular formula is C9H18Br2. The largest absolute Gasteiger partial charge is 0.0859 e. The van der Waals surface area contributed by atoms with Crippen LogP contribution < -0.4 is 0 Å². The van der Waals surface area contributed by atoms with Crippen molar-refractivity contribution in [2.45, 2.75) is 55.6 Å². The van der Waals surface area contributed by atoms with Crippen LogP contribution >= 0.6 is 31.9 Å². The molecule has 0 spiro atoms. The minimum Gasteiger partial charge on any atom is -0.0859 e. The maximum Gasteiger partial charge on any atom is 0.0201 e. The second kappa shape index (κ2) is 4.27. The Morgan fingerprint density at radius 3 is 1.27 bits per heavy atom. The summed E-state index contributed by atoms with van der Waals surface area (Å²) in [5.41, 5.74) is 0. The first-order chi connectivity index (χ1) is 4.71. The van der Waals surface area contributed by atoms with Crippen molar-refractivity contribution in [3.63, 3.8) is 0 Å². The summed E-state index contributed by atoms with van der Waals surface area (Å²) in [6, 6.07) is 0. The summed E-state index contributed by atoms with van der Waals surface area (Å²) in [5.74, 6) is 0. The van der Waals surface area contributed by atoms with E-state index in [4.69, 9.17) is 0 Å². The number of rotatable bonds is 4. The van der Waals surface area contributed by atoms with Gasteiger partial charge >= 0.3 is 0 Å². The van der Waals surface area contributed by atoms with Crippen molar-refractivity contribution in [3.8, 4) is 0 Å². The van der Waals surface area contributed by atoms with Crippen molar-refractivity contribution in [2.24, 2.45) is 0 Å². The van der Waals surface area contributed by atoms with Crippen molar-refractivity contribution < 1.29 is 0 Å². The third kappa shape index (κ3) is 11.0. The minimum absolute atomic E-state index is 0.311. The van der Waals surface area contributed by atoms with Crippen molar-refractivity contribution in [1.29, 1.82) is 0 Å². The topological polar surface area (TPSA) is 0 Å².